The highest BCUT2D eigenvalue weighted by molar-refractivity contribution is 8.18. The van der Waals surface area contributed by atoms with E-state index < -0.39 is 0 Å². The molecule has 1 aliphatic heterocycles. The maximum atomic E-state index is 13.5. The number of hydrogen-bond donors (Lipinski definition) is 0. The van der Waals surface area contributed by atoms with Crippen LogP contribution < -0.4 is 0 Å². The largest absolute Gasteiger partial charge is 0.457 e. The van der Waals surface area contributed by atoms with Crippen LogP contribution in [0.2, 0.25) is 10.0 Å². The highest BCUT2D eigenvalue weighted by Crippen LogP contribution is 2.39. The molecular formula is C27H24Cl2N2O2S. The molecule has 0 spiro atoms. The lowest BCUT2D eigenvalue weighted by atomic mass is 9.94. The van der Waals surface area contributed by atoms with Gasteiger partial charge in [0.25, 0.3) is 5.91 Å². The maximum Gasteiger partial charge on any atom is 0.267 e. The Kier molecular flexibility index (Phi) is 6.87. The summed E-state index contributed by atoms with van der Waals surface area (Å²) in [5.74, 6) is 1.21. The molecule has 2 aliphatic rings. The second kappa shape index (κ2) is 10.0. The van der Waals surface area contributed by atoms with Crippen LogP contribution in [0.1, 0.15) is 43.4 Å². The van der Waals surface area contributed by atoms with Crippen LogP contribution in [0.4, 0.5) is 5.69 Å². The van der Waals surface area contributed by atoms with Crippen LogP contribution in [0.25, 0.3) is 17.4 Å². The van der Waals surface area contributed by atoms with Crippen molar-refractivity contribution >= 4 is 57.8 Å². The number of nitrogens with zero attached hydrogens (tertiary/aromatic N) is 2. The lowest BCUT2D eigenvalue weighted by Crippen LogP contribution is -2.40. The number of aryl methyl sites for hydroxylation is 1. The predicted octanol–water partition coefficient (Wildman–Crippen LogP) is 8.50. The number of carbonyl (C=O) groups is 1. The molecule has 34 heavy (non-hydrogen) atoms. The topological polar surface area (TPSA) is 45.8 Å². The first-order valence-electron chi connectivity index (χ1n) is 11.4. The first-order valence-corrected chi connectivity index (χ1v) is 13.0. The number of amidine groups is 1. The lowest BCUT2D eigenvalue weighted by molar-refractivity contribution is -0.124. The molecule has 2 fully saturated rings. The van der Waals surface area contributed by atoms with Crippen molar-refractivity contribution in [1.29, 1.82) is 0 Å². The van der Waals surface area contributed by atoms with Gasteiger partial charge in [-0.3, -0.25) is 9.69 Å². The molecule has 1 amide bonds. The maximum absolute atomic E-state index is 13.5. The van der Waals surface area contributed by atoms with Crippen LogP contribution in [-0.2, 0) is 4.79 Å². The number of amides is 1. The van der Waals surface area contributed by atoms with Gasteiger partial charge in [-0.15, -0.1) is 0 Å². The Morgan fingerprint density at radius 1 is 1.03 bits per heavy atom. The molecule has 174 valence electrons. The molecule has 0 atom stereocenters. The van der Waals surface area contributed by atoms with E-state index in [4.69, 9.17) is 32.6 Å². The number of halogens is 2. The molecule has 3 aromatic rings. The van der Waals surface area contributed by atoms with E-state index in [0.29, 0.717) is 26.5 Å². The van der Waals surface area contributed by atoms with Gasteiger partial charge in [0.15, 0.2) is 5.17 Å². The van der Waals surface area contributed by atoms with Crippen molar-refractivity contribution in [3.8, 4) is 11.3 Å². The van der Waals surface area contributed by atoms with Crippen LogP contribution in [0.5, 0.6) is 0 Å². The molecule has 1 aromatic heterocycles. The minimum absolute atomic E-state index is 0.00904. The van der Waals surface area contributed by atoms with Crippen molar-refractivity contribution in [2.24, 2.45) is 4.99 Å². The molecule has 0 N–H and O–H groups in total. The Bertz CT molecular complexity index is 1270. The van der Waals surface area contributed by atoms with E-state index in [9.17, 15) is 4.79 Å². The lowest BCUT2D eigenvalue weighted by Gasteiger charge is -2.30. The fraction of sp³-hybridized carbons (Fsp3) is 0.259. The van der Waals surface area contributed by atoms with Gasteiger partial charge in [0, 0.05) is 22.7 Å². The van der Waals surface area contributed by atoms with E-state index >= 15 is 0 Å². The number of benzene rings is 2. The third kappa shape index (κ3) is 4.97. The Morgan fingerprint density at radius 2 is 1.79 bits per heavy atom. The van der Waals surface area contributed by atoms with Crippen LogP contribution in [-0.4, -0.2) is 22.0 Å². The first kappa shape index (κ1) is 23.3. The molecular weight excluding hydrogens is 487 g/mol. The quantitative estimate of drug-likeness (QED) is 0.330. The minimum atomic E-state index is -0.00904. The molecule has 5 rings (SSSR count). The zero-order valence-corrected chi connectivity index (χ0v) is 21.1. The van der Waals surface area contributed by atoms with Gasteiger partial charge in [0.1, 0.15) is 11.5 Å². The van der Waals surface area contributed by atoms with Crippen LogP contribution in [0, 0.1) is 6.92 Å². The zero-order valence-electron chi connectivity index (χ0n) is 18.8. The number of hydrogen-bond acceptors (Lipinski definition) is 4. The summed E-state index contributed by atoms with van der Waals surface area (Å²) in [6.45, 7) is 2.05. The average Bonchev–Trinajstić information content (AvgIpc) is 3.40. The fourth-order valence-electron chi connectivity index (χ4n) is 4.35. The van der Waals surface area contributed by atoms with Crippen LogP contribution in [0.3, 0.4) is 0 Å². The molecule has 7 heteroatoms. The van der Waals surface area contributed by atoms with Gasteiger partial charge in [-0.2, -0.15) is 0 Å². The Labute approximate surface area is 213 Å². The van der Waals surface area contributed by atoms with E-state index in [1.54, 1.807) is 18.2 Å². The molecule has 2 aromatic carbocycles. The van der Waals surface area contributed by atoms with E-state index in [-0.39, 0.29) is 11.9 Å². The molecule has 1 saturated carbocycles. The monoisotopic (exact) mass is 510 g/mol. The molecule has 2 heterocycles. The normalized spacial score (nSPS) is 19.5. The predicted molar refractivity (Wildman–Crippen MR) is 142 cm³/mol. The van der Waals surface area contributed by atoms with Crippen molar-refractivity contribution in [2.75, 3.05) is 0 Å². The highest BCUT2D eigenvalue weighted by Gasteiger charge is 2.38. The summed E-state index contributed by atoms with van der Waals surface area (Å²) in [6, 6.07) is 17.2. The number of carbonyl (C=O) groups excluding carboxylic acids is 1. The van der Waals surface area contributed by atoms with Crippen molar-refractivity contribution < 1.29 is 9.21 Å². The Balaban J connectivity index is 1.46. The van der Waals surface area contributed by atoms with Crippen LogP contribution >= 0.6 is 35.0 Å². The third-order valence-corrected chi connectivity index (χ3v) is 7.66. The molecule has 4 nitrogen and oxygen atoms in total. The van der Waals surface area contributed by atoms with Gasteiger partial charge in [-0.1, -0.05) is 60.2 Å². The molecule has 1 saturated heterocycles. The zero-order chi connectivity index (χ0) is 23.7. The summed E-state index contributed by atoms with van der Waals surface area (Å²) in [4.78, 5) is 20.9. The Morgan fingerprint density at radius 3 is 2.53 bits per heavy atom. The number of thioether (sulfide) groups is 1. The summed E-state index contributed by atoms with van der Waals surface area (Å²) in [5.41, 5.74) is 2.78. The molecule has 0 radical (unpaired) electrons. The van der Waals surface area contributed by atoms with Gasteiger partial charge in [0.2, 0.25) is 0 Å². The van der Waals surface area contributed by atoms with E-state index in [1.807, 2.05) is 47.4 Å². The second-order valence-electron chi connectivity index (χ2n) is 8.63. The second-order valence-corrected chi connectivity index (χ2v) is 10.5. The molecule has 1 aliphatic carbocycles. The fourth-order valence-corrected chi connectivity index (χ4v) is 5.89. The average molecular weight is 511 g/mol. The van der Waals surface area contributed by atoms with E-state index in [1.165, 1.54) is 23.7 Å². The summed E-state index contributed by atoms with van der Waals surface area (Å²) >= 11 is 13.8. The minimum Gasteiger partial charge on any atom is -0.457 e. The van der Waals surface area contributed by atoms with Crippen LogP contribution in [0.15, 0.2) is 68.9 Å². The highest BCUT2D eigenvalue weighted by atomic mass is 35.5. The van der Waals surface area contributed by atoms with Crippen molar-refractivity contribution in [1.82, 2.24) is 4.90 Å². The smallest absolute Gasteiger partial charge is 0.267 e. The Hall–Kier alpha value is -2.47. The standard InChI is InChI=1S/C27H24Cl2N2O2S/c1-17-7-10-19(11-8-17)30-27-31(20-5-3-2-4-6-20)26(32)25(34-27)16-21-12-14-24(33-21)22-13-9-18(28)15-23(22)29/h7-16,20H,2-6H2,1H3/b25-16+,30-27?. The van der Waals surface area contributed by atoms with E-state index in [2.05, 4.69) is 6.92 Å². The van der Waals surface area contributed by atoms with Gasteiger partial charge in [0.05, 0.1) is 15.6 Å². The van der Waals surface area contributed by atoms with Crippen molar-refractivity contribution in [3.63, 3.8) is 0 Å². The summed E-state index contributed by atoms with van der Waals surface area (Å²) in [5, 5.41) is 1.82. The summed E-state index contributed by atoms with van der Waals surface area (Å²) in [7, 11) is 0. The van der Waals surface area contributed by atoms with Gasteiger partial charge >= 0.3 is 0 Å². The summed E-state index contributed by atoms with van der Waals surface area (Å²) < 4.78 is 6.02. The summed E-state index contributed by atoms with van der Waals surface area (Å²) in [6.07, 6.45) is 7.31. The van der Waals surface area contributed by atoms with E-state index in [0.717, 1.165) is 42.1 Å². The molecule has 0 bridgehead atoms. The van der Waals surface area contributed by atoms with Gasteiger partial charge < -0.3 is 4.42 Å². The van der Waals surface area contributed by atoms with Gasteiger partial charge in [-0.05, 0) is 74.0 Å². The SMILES string of the molecule is Cc1ccc(N=C2S/C(=C/c3ccc(-c4ccc(Cl)cc4Cl)o3)C(=O)N2C2CCCCC2)cc1. The molecule has 0 unspecified atom stereocenters. The number of aliphatic imine (C=N–C) groups is 1. The first-order chi connectivity index (χ1) is 16.5. The number of furan rings is 1. The van der Waals surface area contributed by atoms with Crippen molar-refractivity contribution in [3.05, 3.63) is 80.9 Å². The van der Waals surface area contributed by atoms with Gasteiger partial charge in [-0.25, -0.2) is 4.99 Å². The number of rotatable bonds is 4. The van der Waals surface area contributed by atoms with Crippen molar-refractivity contribution in [2.45, 2.75) is 45.1 Å². The third-order valence-electron chi connectivity index (χ3n) is 6.13.